The van der Waals surface area contributed by atoms with E-state index in [1.807, 2.05) is 11.8 Å². The Morgan fingerprint density at radius 3 is 2.70 bits per heavy atom. The molecule has 114 valence electrons. The molecule has 0 aromatic carbocycles. The van der Waals surface area contributed by atoms with Crippen molar-refractivity contribution in [1.82, 2.24) is 10.2 Å². The predicted octanol–water partition coefficient (Wildman–Crippen LogP) is 1.79. The maximum Gasteiger partial charge on any atom is 0.239 e. The van der Waals surface area contributed by atoms with Gasteiger partial charge in [-0.05, 0) is 32.6 Å². The van der Waals surface area contributed by atoms with Gasteiger partial charge in [0.2, 0.25) is 5.91 Å². The van der Waals surface area contributed by atoms with Crippen LogP contribution in [0.2, 0.25) is 0 Å². The number of piperidine rings is 1. The summed E-state index contributed by atoms with van der Waals surface area (Å²) in [4.78, 5) is 14.5. The number of nitrogens with one attached hydrogen (secondary N) is 1. The zero-order valence-corrected chi connectivity index (χ0v) is 13.0. The Morgan fingerprint density at radius 1 is 1.30 bits per heavy atom. The van der Waals surface area contributed by atoms with Gasteiger partial charge in [0.25, 0.3) is 0 Å². The van der Waals surface area contributed by atoms with Crippen LogP contribution in [-0.4, -0.2) is 48.7 Å². The lowest BCUT2D eigenvalue weighted by atomic mass is 9.57. The molecule has 20 heavy (non-hydrogen) atoms. The average Bonchev–Trinajstić information content (AvgIpc) is 2.91. The Hall–Kier alpha value is -0.610. The van der Waals surface area contributed by atoms with Crippen molar-refractivity contribution >= 4 is 5.91 Å². The zero-order valence-electron chi connectivity index (χ0n) is 13.0. The Kier molecular flexibility index (Phi) is 3.80. The molecule has 2 saturated heterocycles. The summed E-state index contributed by atoms with van der Waals surface area (Å²) in [6.45, 7) is 9.30. The van der Waals surface area contributed by atoms with Crippen molar-refractivity contribution < 1.29 is 9.53 Å². The second-order valence-electron chi connectivity index (χ2n) is 7.32. The minimum absolute atomic E-state index is 0.0704. The summed E-state index contributed by atoms with van der Waals surface area (Å²) in [5.74, 6) is 0.879. The molecule has 3 aliphatic rings. The minimum atomic E-state index is -0.0704. The number of amides is 1. The molecule has 1 saturated carbocycles. The molecule has 0 spiro atoms. The van der Waals surface area contributed by atoms with Gasteiger partial charge in [0, 0.05) is 37.1 Å². The van der Waals surface area contributed by atoms with E-state index in [2.05, 4.69) is 19.2 Å². The molecule has 4 atom stereocenters. The minimum Gasteiger partial charge on any atom is -0.377 e. The molecular weight excluding hydrogens is 252 g/mol. The van der Waals surface area contributed by atoms with Gasteiger partial charge in [-0.1, -0.05) is 13.8 Å². The SMILES string of the molecule is CC(NC1C2CCOC2C1(C)C)C(=O)N1CCCCC1. The van der Waals surface area contributed by atoms with Gasteiger partial charge in [0.05, 0.1) is 12.1 Å². The lowest BCUT2D eigenvalue weighted by Crippen LogP contribution is -2.68. The van der Waals surface area contributed by atoms with Gasteiger partial charge < -0.3 is 15.0 Å². The molecule has 1 aliphatic carbocycles. The highest BCUT2D eigenvalue weighted by Gasteiger charge is 2.59. The third-order valence-electron chi connectivity index (χ3n) is 5.57. The van der Waals surface area contributed by atoms with Crippen molar-refractivity contribution in [3.8, 4) is 0 Å². The molecule has 0 aromatic rings. The summed E-state index contributed by atoms with van der Waals surface area (Å²) in [7, 11) is 0. The highest BCUT2D eigenvalue weighted by atomic mass is 16.5. The number of hydrogen-bond acceptors (Lipinski definition) is 3. The fourth-order valence-electron chi connectivity index (χ4n) is 4.39. The van der Waals surface area contributed by atoms with Crippen LogP contribution in [0.15, 0.2) is 0 Å². The molecule has 1 amide bonds. The third-order valence-corrected chi connectivity index (χ3v) is 5.57. The Bertz CT molecular complexity index is 377. The van der Waals surface area contributed by atoms with E-state index < -0.39 is 0 Å². The summed E-state index contributed by atoms with van der Waals surface area (Å²) >= 11 is 0. The van der Waals surface area contributed by atoms with E-state index in [-0.39, 0.29) is 17.4 Å². The Morgan fingerprint density at radius 2 is 2.00 bits per heavy atom. The van der Waals surface area contributed by atoms with Gasteiger partial charge in [0.15, 0.2) is 0 Å². The molecule has 0 radical (unpaired) electrons. The molecule has 2 heterocycles. The molecule has 3 fully saturated rings. The monoisotopic (exact) mass is 280 g/mol. The van der Waals surface area contributed by atoms with Crippen LogP contribution in [-0.2, 0) is 9.53 Å². The maximum atomic E-state index is 12.5. The van der Waals surface area contributed by atoms with Gasteiger partial charge in [-0.15, -0.1) is 0 Å². The number of rotatable bonds is 3. The first-order chi connectivity index (χ1) is 9.51. The number of ether oxygens (including phenoxy) is 1. The molecule has 2 aliphatic heterocycles. The molecule has 3 rings (SSSR count). The van der Waals surface area contributed by atoms with Crippen LogP contribution < -0.4 is 5.32 Å². The van der Waals surface area contributed by atoms with Crippen LogP contribution in [0.25, 0.3) is 0 Å². The molecule has 0 aromatic heterocycles. The van der Waals surface area contributed by atoms with Gasteiger partial charge in [0.1, 0.15) is 0 Å². The van der Waals surface area contributed by atoms with E-state index in [4.69, 9.17) is 4.74 Å². The van der Waals surface area contributed by atoms with Gasteiger partial charge >= 0.3 is 0 Å². The largest absolute Gasteiger partial charge is 0.377 e. The maximum absolute atomic E-state index is 12.5. The lowest BCUT2D eigenvalue weighted by Gasteiger charge is -2.55. The van der Waals surface area contributed by atoms with E-state index in [0.29, 0.717) is 18.1 Å². The van der Waals surface area contributed by atoms with Gasteiger partial charge in [-0.2, -0.15) is 0 Å². The van der Waals surface area contributed by atoms with Crippen molar-refractivity contribution in [3.05, 3.63) is 0 Å². The number of fused-ring (bicyclic) bond motifs is 1. The van der Waals surface area contributed by atoms with E-state index in [1.54, 1.807) is 0 Å². The summed E-state index contributed by atoms with van der Waals surface area (Å²) in [6, 6.07) is 0.345. The number of likely N-dealkylation sites (tertiary alicyclic amines) is 1. The van der Waals surface area contributed by atoms with Crippen molar-refractivity contribution in [3.63, 3.8) is 0 Å². The summed E-state index contributed by atoms with van der Waals surface area (Å²) < 4.78 is 5.82. The molecular formula is C16H28N2O2. The normalized spacial score (nSPS) is 37.1. The fraction of sp³-hybridized carbons (Fsp3) is 0.938. The summed E-state index contributed by atoms with van der Waals surface area (Å²) in [5, 5.41) is 3.60. The highest BCUT2D eigenvalue weighted by molar-refractivity contribution is 5.81. The van der Waals surface area contributed by atoms with Gasteiger partial charge in [-0.3, -0.25) is 4.79 Å². The van der Waals surface area contributed by atoms with Crippen LogP contribution in [0.4, 0.5) is 0 Å². The van der Waals surface area contributed by atoms with E-state index in [0.717, 1.165) is 39.0 Å². The first-order valence-corrected chi connectivity index (χ1v) is 8.18. The van der Waals surface area contributed by atoms with Crippen LogP contribution in [0, 0.1) is 11.3 Å². The fourth-order valence-corrected chi connectivity index (χ4v) is 4.39. The Balaban J connectivity index is 1.58. The second kappa shape index (κ2) is 5.30. The van der Waals surface area contributed by atoms with Crippen molar-refractivity contribution in [2.75, 3.05) is 19.7 Å². The van der Waals surface area contributed by atoms with E-state index in [1.165, 1.54) is 6.42 Å². The van der Waals surface area contributed by atoms with Crippen LogP contribution >= 0.6 is 0 Å². The number of carbonyl (C=O) groups is 1. The topological polar surface area (TPSA) is 41.6 Å². The quantitative estimate of drug-likeness (QED) is 0.857. The van der Waals surface area contributed by atoms with Crippen molar-refractivity contribution in [2.45, 2.75) is 64.6 Å². The number of carbonyl (C=O) groups excluding carboxylic acids is 1. The van der Waals surface area contributed by atoms with Crippen LogP contribution in [0.5, 0.6) is 0 Å². The zero-order chi connectivity index (χ0) is 14.3. The van der Waals surface area contributed by atoms with E-state index in [9.17, 15) is 4.79 Å². The predicted molar refractivity (Wildman–Crippen MR) is 78.4 cm³/mol. The van der Waals surface area contributed by atoms with Crippen LogP contribution in [0.1, 0.15) is 46.5 Å². The molecule has 4 nitrogen and oxygen atoms in total. The first kappa shape index (κ1) is 14.3. The first-order valence-electron chi connectivity index (χ1n) is 8.18. The number of hydrogen-bond donors (Lipinski definition) is 1. The van der Waals surface area contributed by atoms with E-state index >= 15 is 0 Å². The summed E-state index contributed by atoms with van der Waals surface area (Å²) in [5.41, 5.74) is 0.150. The standard InChI is InChI=1S/C16H28N2O2/c1-11(15(19)18-8-5-4-6-9-18)17-13-12-7-10-20-14(12)16(13,2)3/h11-14,17H,4-10H2,1-3H3. The second-order valence-corrected chi connectivity index (χ2v) is 7.32. The van der Waals surface area contributed by atoms with Crippen molar-refractivity contribution in [1.29, 1.82) is 0 Å². The third kappa shape index (κ3) is 2.27. The summed E-state index contributed by atoms with van der Waals surface area (Å²) in [6.07, 6.45) is 5.11. The van der Waals surface area contributed by atoms with Crippen LogP contribution in [0.3, 0.4) is 0 Å². The lowest BCUT2D eigenvalue weighted by molar-refractivity contribution is -0.139. The van der Waals surface area contributed by atoms with Gasteiger partial charge in [-0.25, -0.2) is 0 Å². The molecule has 0 bridgehead atoms. The molecule has 4 unspecified atom stereocenters. The molecule has 4 heteroatoms. The molecule has 1 N–H and O–H groups in total. The number of nitrogens with zero attached hydrogens (tertiary/aromatic N) is 1. The smallest absolute Gasteiger partial charge is 0.239 e. The van der Waals surface area contributed by atoms with Crippen molar-refractivity contribution in [2.24, 2.45) is 11.3 Å². The Labute approximate surface area is 122 Å². The highest BCUT2D eigenvalue weighted by Crippen LogP contribution is 2.52. The average molecular weight is 280 g/mol.